The number of rotatable bonds is 4. The van der Waals surface area contributed by atoms with E-state index in [1.807, 2.05) is 32.9 Å². The van der Waals surface area contributed by atoms with E-state index in [1.54, 1.807) is 0 Å². The predicted molar refractivity (Wildman–Crippen MR) is 76.7 cm³/mol. The molecular weight excluding hydrogens is 238 g/mol. The zero-order valence-corrected chi connectivity index (χ0v) is 12.1. The van der Waals surface area contributed by atoms with Gasteiger partial charge < -0.3 is 4.74 Å². The standard InChI is InChI=1S/C16H23NO2/c1-12-4-5-13(2)15(10-12)16(18)14(3)11-17-6-8-19-9-7-17/h4-5,10,14H,6-9,11H2,1-3H3. The molecule has 0 N–H and O–H groups in total. The lowest BCUT2D eigenvalue weighted by molar-refractivity contribution is 0.0313. The molecule has 1 aromatic rings. The van der Waals surface area contributed by atoms with Crippen LogP contribution in [0, 0.1) is 19.8 Å². The summed E-state index contributed by atoms with van der Waals surface area (Å²) in [6, 6.07) is 6.09. The minimum Gasteiger partial charge on any atom is -0.379 e. The maximum absolute atomic E-state index is 12.5. The molecule has 0 spiro atoms. The Morgan fingerprint density at radius 3 is 2.68 bits per heavy atom. The molecular formula is C16H23NO2. The average molecular weight is 261 g/mol. The summed E-state index contributed by atoms with van der Waals surface area (Å²) in [5.74, 6) is 0.297. The summed E-state index contributed by atoms with van der Waals surface area (Å²) < 4.78 is 5.33. The van der Waals surface area contributed by atoms with Crippen LogP contribution >= 0.6 is 0 Å². The fourth-order valence-corrected chi connectivity index (χ4v) is 2.52. The molecule has 1 aliphatic heterocycles. The zero-order chi connectivity index (χ0) is 13.8. The van der Waals surface area contributed by atoms with Crippen molar-refractivity contribution in [1.82, 2.24) is 4.90 Å². The van der Waals surface area contributed by atoms with Crippen LogP contribution in [0.5, 0.6) is 0 Å². The minimum absolute atomic E-state index is 0.0404. The third kappa shape index (κ3) is 3.64. The third-order valence-corrected chi connectivity index (χ3v) is 3.74. The second kappa shape index (κ2) is 6.31. The molecule has 0 radical (unpaired) electrons. The Labute approximate surface area is 115 Å². The van der Waals surface area contributed by atoms with Gasteiger partial charge in [-0.2, -0.15) is 0 Å². The first-order valence-electron chi connectivity index (χ1n) is 6.99. The van der Waals surface area contributed by atoms with Crippen molar-refractivity contribution in [2.24, 2.45) is 5.92 Å². The van der Waals surface area contributed by atoms with E-state index in [0.717, 1.165) is 49.5 Å². The van der Waals surface area contributed by atoms with E-state index in [4.69, 9.17) is 4.74 Å². The zero-order valence-electron chi connectivity index (χ0n) is 12.1. The van der Waals surface area contributed by atoms with Crippen molar-refractivity contribution >= 4 is 5.78 Å². The van der Waals surface area contributed by atoms with E-state index >= 15 is 0 Å². The highest BCUT2D eigenvalue weighted by Crippen LogP contribution is 2.16. The molecule has 0 saturated carbocycles. The van der Waals surface area contributed by atoms with Crippen LogP contribution in [0.1, 0.15) is 28.4 Å². The molecule has 0 aliphatic carbocycles. The molecule has 1 unspecified atom stereocenters. The number of aryl methyl sites for hydroxylation is 2. The lowest BCUT2D eigenvalue weighted by atomic mass is 9.94. The summed E-state index contributed by atoms with van der Waals surface area (Å²) in [6.45, 7) is 10.3. The summed E-state index contributed by atoms with van der Waals surface area (Å²) in [5.41, 5.74) is 3.10. The predicted octanol–water partition coefficient (Wildman–Crippen LogP) is 2.45. The van der Waals surface area contributed by atoms with E-state index in [-0.39, 0.29) is 11.7 Å². The van der Waals surface area contributed by atoms with Crippen molar-refractivity contribution in [1.29, 1.82) is 0 Å². The first-order chi connectivity index (χ1) is 9.08. The Kier molecular flexibility index (Phi) is 4.72. The van der Waals surface area contributed by atoms with E-state index in [0.29, 0.717) is 0 Å². The summed E-state index contributed by atoms with van der Waals surface area (Å²) in [5, 5.41) is 0. The lowest BCUT2D eigenvalue weighted by Crippen LogP contribution is -2.40. The van der Waals surface area contributed by atoms with Crippen LogP contribution < -0.4 is 0 Å². The molecule has 1 heterocycles. The average Bonchev–Trinajstić information content (AvgIpc) is 2.42. The van der Waals surface area contributed by atoms with Gasteiger partial charge in [-0.25, -0.2) is 0 Å². The number of carbonyl (C=O) groups is 1. The number of ether oxygens (including phenoxy) is 1. The molecule has 1 aliphatic rings. The number of carbonyl (C=O) groups excluding carboxylic acids is 1. The molecule has 0 bridgehead atoms. The number of morpholine rings is 1. The molecule has 2 rings (SSSR count). The highest BCUT2D eigenvalue weighted by molar-refractivity contribution is 5.99. The number of ketones is 1. The van der Waals surface area contributed by atoms with Gasteiger partial charge in [0.1, 0.15) is 0 Å². The molecule has 3 heteroatoms. The number of hydrogen-bond acceptors (Lipinski definition) is 3. The summed E-state index contributed by atoms with van der Waals surface area (Å²) in [7, 11) is 0. The molecule has 19 heavy (non-hydrogen) atoms. The smallest absolute Gasteiger partial charge is 0.167 e. The topological polar surface area (TPSA) is 29.5 Å². The van der Waals surface area contributed by atoms with Gasteiger partial charge in [0.05, 0.1) is 13.2 Å². The Morgan fingerprint density at radius 2 is 2.00 bits per heavy atom. The molecule has 0 aromatic heterocycles. The van der Waals surface area contributed by atoms with Crippen molar-refractivity contribution in [3.05, 3.63) is 34.9 Å². The van der Waals surface area contributed by atoms with Gasteiger partial charge in [0, 0.05) is 31.1 Å². The molecule has 1 fully saturated rings. The van der Waals surface area contributed by atoms with E-state index in [2.05, 4.69) is 11.0 Å². The maximum atomic E-state index is 12.5. The van der Waals surface area contributed by atoms with Gasteiger partial charge >= 0.3 is 0 Å². The lowest BCUT2D eigenvalue weighted by Gasteiger charge is -2.28. The fraction of sp³-hybridized carbons (Fsp3) is 0.562. The van der Waals surface area contributed by atoms with Gasteiger partial charge in [0.25, 0.3) is 0 Å². The van der Waals surface area contributed by atoms with Crippen molar-refractivity contribution < 1.29 is 9.53 Å². The van der Waals surface area contributed by atoms with Gasteiger partial charge in [0.2, 0.25) is 0 Å². The Balaban J connectivity index is 2.03. The van der Waals surface area contributed by atoms with Crippen LogP contribution in [0.2, 0.25) is 0 Å². The normalized spacial score (nSPS) is 18.3. The van der Waals surface area contributed by atoms with E-state index < -0.39 is 0 Å². The highest BCUT2D eigenvalue weighted by Gasteiger charge is 2.21. The van der Waals surface area contributed by atoms with E-state index in [1.165, 1.54) is 0 Å². The van der Waals surface area contributed by atoms with Crippen LogP contribution in [-0.4, -0.2) is 43.5 Å². The van der Waals surface area contributed by atoms with Crippen LogP contribution in [0.25, 0.3) is 0 Å². The molecule has 1 atom stereocenters. The van der Waals surface area contributed by atoms with Crippen molar-refractivity contribution in [3.8, 4) is 0 Å². The van der Waals surface area contributed by atoms with Crippen molar-refractivity contribution in [3.63, 3.8) is 0 Å². The van der Waals surface area contributed by atoms with Gasteiger partial charge in [-0.15, -0.1) is 0 Å². The first kappa shape index (κ1) is 14.2. The van der Waals surface area contributed by atoms with Crippen LogP contribution in [0.4, 0.5) is 0 Å². The molecule has 1 aromatic carbocycles. The van der Waals surface area contributed by atoms with Gasteiger partial charge in [-0.1, -0.05) is 24.6 Å². The minimum atomic E-state index is 0.0404. The van der Waals surface area contributed by atoms with Crippen LogP contribution in [0.15, 0.2) is 18.2 Å². The Morgan fingerprint density at radius 1 is 1.32 bits per heavy atom. The van der Waals surface area contributed by atoms with Gasteiger partial charge in [-0.05, 0) is 25.5 Å². The highest BCUT2D eigenvalue weighted by atomic mass is 16.5. The molecule has 0 amide bonds. The maximum Gasteiger partial charge on any atom is 0.167 e. The fourth-order valence-electron chi connectivity index (χ4n) is 2.52. The molecule has 104 valence electrons. The second-order valence-corrected chi connectivity index (χ2v) is 5.50. The second-order valence-electron chi connectivity index (χ2n) is 5.50. The van der Waals surface area contributed by atoms with Gasteiger partial charge in [-0.3, -0.25) is 9.69 Å². The van der Waals surface area contributed by atoms with Crippen molar-refractivity contribution in [2.45, 2.75) is 20.8 Å². The summed E-state index contributed by atoms with van der Waals surface area (Å²) in [6.07, 6.45) is 0. The monoisotopic (exact) mass is 261 g/mol. The van der Waals surface area contributed by atoms with Crippen LogP contribution in [0.3, 0.4) is 0 Å². The van der Waals surface area contributed by atoms with Crippen molar-refractivity contribution in [2.75, 3.05) is 32.8 Å². The quantitative estimate of drug-likeness (QED) is 0.780. The third-order valence-electron chi connectivity index (χ3n) is 3.74. The number of Topliss-reactive ketones (excluding diaryl/α,β-unsaturated/α-hetero) is 1. The molecule has 1 saturated heterocycles. The largest absolute Gasteiger partial charge is 0.379 e. The first-order valence-corrected chi connectivity index (χ1v) is 6.99. The van der Waals surface area contributed by atoms with Crippen LogP contribution in [-0.2, 0) is 4.74 Å². The summed E-state index contributed by atoms with van der Waals surface area (Å²) in [4.78, 5) is 14.9. The number of benzene rings is 1. The Hall–Kier alpha value is -1.19. The number of nitrogens with zero attached hydrogens (tertiary/aromatic N) is 1. The van der Waals surface area contributed by atoms with Gasteiger partial charge in [0.15, 0.2) is 5.78 Å². The number of hydrogen-bond donors (Lipinski definition) is 0. The SMILES string of the molecule is Cc1ccc(C)c(C(=O)C(C)CN2CCOCC2)c1. The molecule has 3 nitrogen and oxygen atoms in total. The summed E-state index contributed by atoms with van der Waals surface area (Å²) >= 11 is 0. The van der Waals surface area contributed by atoms with E-state index in [9.17, 15) is 4.79 Å². The Bertz CT molecular complexity index is 450.